The molecule has 2 unspecified atom stereocenters. The molecule has 0 fully saturated rings. The first-order chi connectivity index (χ1) is 11.7. The number of ketones is 1. The third-order valence-electron chi connectivity index (χ3n) is 4.65. The zero-order valence-electron chi connectivity index (χ0n) is 15.4. The number of thiophene rings is 1. The smallest absolute Gasteiger partial charge is 0.336 e. The summed E-state index contributed by atoms with van der Waals surface area (Å²) in [6.45, 7) is 9.70. The summed E-state index contributed by atoms with van der Waals surface area (Å²) in [6, 6.07) is 3.96. The summed E-state index contributed by atoms with van der Waals surface area (Å²) in [5.41, 5.74) is 2.09. The van der Waals surface area contributed by atoms with Gasteiger partial charge in [0.25, 0.3) is 0 Å². The van der Waals surface area contributed by atoms with Crippen LogP contribution in [0.2, 0.25) is 0 Å². The highest BCUT2D eigenvalue weighted by atomic mass is 32.1. The fourth-order valence-corrected chi connectivity index (χ4v) is 4.66. The third-order valence-corrected chi connectivity index (χ3v) is 5.61. The summed E-state index contributed by atoms with van der Waals surface area (Å²) in [6.07, 6.45) is 2.43. The molecular formula is C20H25NO3S. The average molecular weight is 359 g/mol. The van der Waals surface area contributed by atoms with Crippen LogP contribution >= 0.6 is 11.3 Å². The average Bonchev–Trinajstić information content (AvgIpc) is 2.96. The van der Waals surface area contributed by atoms with Crippen molar-refractivity contribution in [2.24, 2.45) is 11.3 Å². The minimum absolute atomic E-state index is 0.174. The van der Waals surface area contributed by atoms with Gasteiger partial charge in [-0.3, -0.25) is 4.79 Å². The Bertz CT molecular complexity index is 756. The van der Waals surface area contributed by atoms with Crippen LogP contribution in [0.25, 0.3) is 0 Å². The van der Waals surface area contributed by atoms with Gasteiger partial charge in [0.1, 0.15) is 5.78 Å². The SMILES string of the molecule is CC1=C(C(=O)OC(C)C)C(c2cccs2)C2C(=O)CC(C)(C)C=C2N1. The van der Waals surface area contributed by atoms with E-state index in [9.17, 15) is 9.59 Å². The van der Waals surface area contributed by atoms with Crippen molar-refractivity contribution < 1.29 is 14.3 Å². The van der Waals surface area contributed by atoms with Gasteiger partial charge in [-0.15, -0.1) is 11.3 Å². The van der Waals surface area contributed by atoms with E-state index >= 15 is 0 Å². The molecule has 0 radical (unpaired) electrons. The molecule has 1 aliphatic carbocycles. The van der Waals surface area contributed by atoms with E-state index < -0.39 is 0 Å². The van der Waals surface area contributed by atoms with Gasteiger partial charge in [0.05, 0.1) is 17.6 Å². The second-order valence-corrected chi connectivity index (χ2v) is 8.80. The van der Waals surface area contributed by atoms with E-state index in [0.717, 1.165) is 16.3 Å². The van der Waals surface area contributed by atoms with Gasteiger partial charge in [-0.05, 0) is 37.6 Å². The maximum absolute atomic E-state index is 13.0. The zero-order chi connectivity index (χ0) is 18.4. The first kappa shape index (κ1) is 17.9. The number of carbonyl (C=O) groups is 2. The van der Waals surface area contributed by atoms with Crippen molar-refractivity contribution in [3.05, 3.63) is 45.4 Å². The molecule has 0 amide bonds. The minimum Gasteiger partial charge on any atom is -0.460 e. The lowest BCUT2D eigenvalue weighted by Gasteiger charge is -2.41. The number of esters is 1. The number of ether oxygens (including phenoxy) is 1. The number of Topliss-reactive ketones (excluding diaryl/α,β-unsaturated/α-hetero) is 1. The molecule has 1 aromatic rings. The summed E-state index contributed by atoms with van der Waals surface area (Å²) >= 11 is 1.58. The van der Waals surface area contributed by atoms with E-state index in [0.29, 0.717) is 12.0 Å². The predicted molar refractivity (Wildman–Crippen MR) is 99.1 cm³/mol. The first-order valence-corrected chi connectivity index (χ1v) is 9.55. The second kappa shape index (κ2) is 6.45. The topological polar surface area (TPSA) is 55.4 Å². The number of allylic oxidation sites excluding steroid dienone is 3. The van der Waals surface area contributed by atoms with Gasteiger partial charge in [0, 0.05) is 28.6 Å². The summed E-state index contributed by atoms with van der Waals surface area (Å²) < 4.78 is 5.48. The number of nitrogens with one attached hydrogen (secondary N) is 1. The Morgan fingerprint density at radius 1 is 1.36 bits per heavy atom. The number of carbonyl (C=O) groups excluding carboxylic acids is 2. The third kappa shape index (κ3) is 3.43. The van der Waals surface area contributed by atoms with Crippen LogP contribution in [0.4, 0.5) is 0 Å². The Balaban J connectivity index is 2.14. The van der Waals surface area contributed by atoms with Crippen LogP contribution in [0, 0.1) is 11.3 Å². The zero-order valence-corrected chi connectivity index (χ0v) is 16.2. The highest BCUT2D eigenvalue weighted by Gasteiger charge is 2.46. The van der Waals surface area contributed by atoms with Crippen LogP contribution in [0.5, 0.6) is 0 Å². The van der Waals surface area contributed by atoms with Gasteiger partial charge in [0.2, 0.25) is 0 Å². The molecule has 0 saturated carbocycles. The van der Waals surface area contributed by atoms with Crippen LogP contribution in [0.3, 0.4) is 0 Å². The molecule has 0 aromatic carbocycles. The molecule has 0 spiro atoms. The molecule has 5 heteroatoms. The summed E-state index contributed by atoms with van der Waals surface area (Å²) in [7, 11) is 0. The molecule has 1 N–H and O–H groups in total. The molecule has 0 saturated heterocycles. The summed E-state index contributed by atoms with van der Waals surface area (Å²) in [5.74, 6) is -0.779. The minimum atomic E-state index is -0.343. The molecule has 1 aliphatic heterocycles. The molecule has 2 heterocycles. The molecule has 0 bridgehead atoms. The Morgan fingerprint density at radius 3 is 2.68 bits per heavy atom. The number of hydrogen-bond acceptors (Lipinski definition) is 5. The predicted octanol–water partition coefficient (Wildman–Crippen LogP) is 4.16. The lowest BCUT2D eigenvalue weighted by atomic mass is 9.68. The summed E-state index contributed by atoms with van der Waals surface area (Å²) in [4.78, 5) is 26.8. The number of fused-ring (bicyclic) bond motifs is 1. The van der Waals surface area contributed by atoms with Gasteiger partial charge < -0.3 is 10.1 Å². The van der Waals surface area contributed by atoms with Crippen LogP contribution < -0.4 is 5.32 Å². The van der Waals surface area contributed by atoms with E-state index in [-0.39, 0.29) is 35.1 Å². The molecule has 3 rings (SSSR count). The highest BCUT2D eigenvalue weighted by molar-refractivity contribution is 7.10. The van der Waals surface area contributed by atoms with Crippen LogP contribution in [-0.4, -0.2) is 17.9 Å². The van der Waals surface area contributed by atoms with Gasteiger partial charge in [-0.1, -0.05) is 26.0 Å². The maximum atomic E-state index is 13.0. The van der Waals surface area contributed by atoms with Crippen molar-refractivity contribution in [2.75, 3.05) is 0 Å². The fraction of sp³-hybridized carbons (Fsp3) is 0.500. The standard InChI is InChI=1S/C20H25NO3S/c1-11(2)24-19(23)16-12(3)21-13-9-20(4,5)10-14(22)17(13)18(16)15-7-6-8-25-15/h6-9,11,17-18,21H,10H2,1-5H3. The van der Waals surface area contributed by atoms with E-state index in [1.165, 1.54) is 0 Å². The largest absolute Gasteiger partial charge is 0.460 e. The van der Waals surface area contributed by atoms with Gasteiger partial charge in [-0.2, -0.15) is 0 Å². The monoisotopic (exact) mass is 359 g/mol. The van der Waals surface area contributed by atoms with E-state index in [1.807, 2.05) is 38.3 Å². The molecule has 134 valence electrons. The van der Waals surface area contributed by atoms with Crippen molar-refractivity contribution >= 4 is 23.1 Å². The Hall–Kier alpha value is -1.88. The Morgan fingerprint density at radius 2 is 2.08 bits per heavy atom. The van der Waals surface area contributed by atoms with Gasteiger partial charge in [-0.25, -0.2) is 4.79 Å². The van der Waals surface area contributed by atoms with Crippen molar-refractivity contribution in [3.63, 3.8) is 0 Å². The van der Waals surface area contributed by atoms with Crippen LogP contribution in [0.1, 0.15) is 51.8 Å². The maximum Gasteiger partial charge on any atom is 0.336 e. The van der Waals surface area contributed by atoms with E-state index in [1.54, 1.807) is 11.3 Å². The van der Waals surface area contributed by atoms with Gasteiger partial charge in [0.15, 0.2) is 0 Å². The summed E-state index contributed by atoms with van der Waals surface area (Å²) in [5, 5.41) is 5.31. The second-order valence-electron chi connectivity index (χ2n) is 7.82. The number of rotatable bonds is 3. The molecule has 4 nitrogen and oxygen atoms in total. The molecule has 2 atom stereocenters. The Kier molecular flexibility index (Phi) is 4.62. The van der Waals surface area contributed by atoms with Crippen LogP contribution in [-0.2, 0) is 14.3 Å². The lowest BCUT2D eigenvalue weighted by Crippen LogP contribution is -2.43. The molecule has 1 aromatic heterocycles. The lowest BCUT2D eigenvalue weighted by molar-refractivity contribution is -0.143. The quantitative estimate of drug-likeness (QED) is 0.824. The highest BCUT2D eigenvalue weighted by Crippen LogP contribution is 2.47. The van der Waals surface area contributed by atoms with Crippen molar-refractivity contribution in [2.45, 2.75) is 53.1 Å². The number of hydrogen-bond donors (Lipinski definition) is 1. The molecular weight excluding hydrogens is 334 g/mol. The van der Waals surface area contributed by atoms with Crippen molar-refractivity contribution in [3.8, 4) is 0 Å². The first-order valence-electron chi connectivity index (χ1n) is 8.67. The normalized spacial score (nSPS) is 25.4. The van der Waals surface area contributed by atoms with Gasteiger partial charge >= 0.3 is 5.97 Å². The van der Waals surface area contributed by atoms with Crippen molar-refractivity contribution in [1.82, 2.24) is 5.32 Å². The Labute approximate surface area is 153 Å². The molecule has 25 heavy (non-hydrogen) atoms. The van der Waals surface area contributed by atoms with Crippen molar-refractivity contribution in [1.29, 1.82) is 0 Å². The van der Waals surface area contributed by atoms with E-state index in [4.69, 9.17) is 4.74 Å². The molecule has 2 aliphatic rings. The van der Waals surface area contributed by atoms with Crippen LogP contribution in [0.15, 0.2) is 40.6 Å². The fourth-order valence-electron chi connectivity index (χ4n) is 3.79. The van der Waals surface area contributed by atoms with E-state index in [2.05, 4.69) is 25.2 Å².